The molecule has 8 aliphatic carbocycles. The summed E-state index contributed by atoms with van der Waals surface area (Å²) in [7, 11) is 0. The van der Waals surface area contributed by atoms with Gasteiger partial charge < -0.3 is 31.1 Å². The molecule has 2 aromatic carbocycles. The fourth-order valence-electron chi connectivity index (χ4n) is 19.6. The Balaban J connectivity index is 0.000000149. The number of imide groups is 2. The third kappa shape index (κ3) is 10.6. The number of likely N-dealkylation sites (tertiary alicyclic amines) is 2. The quantitative estimate of drug-likeness (QED) is 0.0919. The molecule has 0 radical (unpaired) electrons. The van der Waals surface area contributed by atoms with Crippen LogP contribution in [0.2, 0.25) is 0 Å². The number of benzene rings is 2. The van der Waals surface area contributed by atoms with E-state index in [0.717, 1.165) is 134 Å². The number of carbonyl (C=O) groups is 8. The summed E-state index contributed by atoms with van der Waals surface area (Å²) in [4.78, 5) is 112. The number of hydrogen-bond donors (Lipinski definition) is 4. The van der Waals surface area contributed by atoms with E-state index in [1.807, 2.05) is 34.2 Å². The summed E-state index contributed by atoms with van der Waals surface area (Å²) >= 11 is 0. The standard InChI is InChI=1S/C35H42N6O4.C34H40N6O4/c1-21-5-6-29(32(43)38-21)41-33(44)27-3-2-4-28(31(27)34(41)45)36-18-25-19-37-40(20-25)26-7-9-39(10-8-26)30(42)17-35-14-22-11-23(15-35)13-24(12-22)16-35;1-20-5-6-28(30(41)37-20)40-31(42)26-3-2-4-27(29(26)32(40)43)35-17-24-18-36-39(19-24)25-7-9-38(10-8-25)33(44)34-14-21-11-22(15-34)13-23(12-21)16-34/h2-4,19-20,22-24,26,29,36H,1,5-18H2,(H,38,43);2-4,18-19,21-23,25,28,35H,1,5-17H2,(H,37,41). The van der Waals surface area contributed by atoms with Crippen LogP contribution in [0.3, 0.4) is 0 Å². The Labute approximate surface area is 519 Å². The number of allylic oxidation sites excluding steroid dienone is 2. The summed E-state index contributed by atoms with van der Waals surface area (Å²) in [6, 6.07) is 9.16. The summed E-state index contributed by atoms with van der Waals surface area (Å²) in [5.74, 6) is 3.16. The first-order valence-corrected chi connectivity index (χ1v) is 33.1. The van der Waals surface area contributed by atoms with Crippen LogP contribution >= 0.6 is 0 Å². The largest absolute Gasteiger partial charge is 0.380 e. The third-order valence-corrected chi connectivity index (χ3v) is 22.9. The summed E-state index contributed by atoms with van der Waals surface area (Å²) in [6.45, 7) is 11.6. The Morgan fingerprint density at radius 2 is 0.933 bits per heavy atom. The molecule has 8 bridgehead atoms. The number of hydrogen-bond acceptors (Lipinski definition) is 12. The number of nitrogens with one attached hydrogen (secondary N) is 4. The zero-order chi connectivity index (χ0) is 61.0. The van der Waals surface area contributed by atoms with Gasteiger partial charge in [0.15, 0.2) is 0 Å². The van der Waals surface area contributed by atoms with Crippen LogP contribution < -0.4 is 21.3 Å². The SMILES string of the molecule is C=C1CCC(N2C(=O)c3cccc(NCc4cnn(C5CCN(C(=O)C67CC8CC(CC(C8)C6)C7)CC5)c4)c3C2=O)C(=O)N1.C=C1CCC(N2C(=O)c3cccc(NCc4cnn(C5CCN(C(=O)CC67CC8CC(CC(C8)C6)C7)CC5)c4)c3C2=O)C(=O)N1. The molecule has 0 spiro atoms. The average molecular weight is 1210 g/mol. The van der Waals surface area contributed by atoms with Crippen molar-refractivity contribution in [2.75, 3.05) is 36.8 Å². The van der Waals surface area contributed by atoms with Crippen LogP contribution in [0.5, 0.6) is 0 Å². The molecule has 2 atom stereocenters. The van der Waals surface area contributed by atoms with Gasteiger partial charge in [0.25, 0.3) is 23.6 Å². The fourth-order valence-corrected chi connectivity index (χ4v) is 19.6. The highest BCUT2D eigenvalue weighted by Gasteiger charge is 2.57. The van der Waals surface area contributed by atoms with E-state index in [2.05, 4.69) is 54.4 Å². The van der Waals surface area contributed by atoms with Gasteiger partial charge in [-0.05, 0) is 194 Å². The number of fused-ring (bicyclic) bond motifs is 2. The number of carbonyl (C=O) groups excluding carboxylic acids is 8. The molecule has 8 saturated carbocycles. The zero-order valence-electron chi connectivity index (χ0n) is 50.9. The van der Waals surface area contributed by atoms with E-state index in [1.54, 1.807) is 36.4 Å². The maximum Gasteiger partial charge on any atom is 0.264 e. The van der Waals surface area contributed by atoms with E-state index in [0.29, 0.717) is 95.6 Å². The number of rotatable bonds is 13. The molecule has 8 heterocycles. The predicted molar refractivity (Wildman–Crippen MR) is 329 cm³/mol. The van der Waals surface area contributed by atoms with Gasteiger partial charge in [-0.15, -0.1) is 0 Å². The smallest absolute Gasteiger partial charge is 0.264 e. The molecule has 4 saturated heterocycles. The van der Waals surface area contributed by atoms with E-state index >= 15 is 0 Å². The van der Waals surface area contributed by atoms with E-state index in [-0.39, 0.29) is 34.7 Å². The van der Waals surface area contributed by atoms with Crippen molar-refractivity contribution in [1.29, 1.82) is 0 Å². The number of anilines is 2. The second-order valence-electron chi connectivity index (χ2n) is 29.0. The summed E-state index contributed by atoms with van der Waals surface area (Å²) in [6.07, 6.45) is 29.3. The van der Waals surface area contributed by atoms with Crippen LogP contribution in [0.1, 0.15) is 199 Å². The molecule has 2 aromatic heterocycles. The molecule has 4 aromatic rings. The second kappa shape index (κ2) is 22.5. The summed E-state index contributed by atoms with van der Waals surface area (Å²) in [5.41, 5.74) is 5.68. The van der Waals surface area contributed by atoms with Crippen LogP contribution in [0, 0.1) is 46.3 Å². The molecule has 20 nitrogen and oxygen atoms in total. The number of nitrogens with zero attached hydrogens (tertiary/aromatic N) is 8. The minimum absolute atomic E-state index is 0.0787. The molecule has 466 valence electrons. The maximum absolute atomic E-state index is 13.8. The molecular formula is C69H82N12O8. The molecular weight excluding hydrogens is 1120 g/mol. The molecule has 20 heteroatoms. The molecule has 14 aliphatic rings. The van der Waals surface area contributed by atoms with Gasteiger partial charge in [0.05, 0.1) is 52.1 Å². The van der Waals surface area contributed by atoms with E-state index in [1.165, 1.54) is 57.8 Å². The number of amides is 8. The summed E-state index contributed by atoms with van der Waals surface area (Å²) < 4.78 is 4.03. The molecule has 12 fully saturated rings. The van der Waals surface area contributed by atoms with Crippen LogP contribution in [0.4, 0.5) is 11.4 Å². The van der Waals surface area contributed by atoms with Gasteiger partial charge in [0.1, 0.15) is 12.1 Å². The van der Waals surface area contributed by atoms with Crippen molar-refractivity contribution in [2.24, 2.45) is 46.3 Å². The first-order chi connectivity index (χ1) is 43.0. The molecule has 4 N–H and O–H groups in total. The van der Waals surface area contributed by atoms with Crippen LogP contribution in [-0.2, 0) is 32.3 Å². The van der Waals surface area contributed by atoms with Gasteiger partial charge in [-0.1, -0.05) is 25.3 Å². The number of aromatic nitrogens is 4. The Morgan fingerprint density at radius 3 is 1.35 bits per heavy atom. The highest BCUT2D eigenvalue weighted by atomic mass is 16.2. The van der Waals surface area contributed by atoms with Crippen molar-refractivity contribution in [3.63, 3.8) is 0 Å². The van der Waals surface area contributed by atoms with Crippen molar-refractivity contribution >= 4 is 58.6 Å². The van der Waals surface area contributed by atoms with Gasteiger partial charge >= 0.3 is 0 Å². The lowest BCUT2D eigenvalue weighted by Gasteiger charge is -2.57. The average Bonchev–Trinajstić information content (AvgIpc) is 1.35. The highest BCUT2D eigenvalue weighted by molar-refractivity contribution is 6.26. The number of piperidine rings is 4. The minimum atomic E-state index is -0.840. The van der Waals surface area contributed by atoms with Gasteiger partial charge in [0.2, 0.25) is 23.6 Å². The Kier molecular flexibility index (Phi) is 14.6. The van der Waals surface area contributed by atoms with Crippen molar-refractivity contribution in [3.8, 4) is 0 Å². The van der Waals surface area contributed by atoms with E-state index in [9.17, 15) is 38.4 Å². The highest BCUT2D eigenvalue weighted by Crippen LogP contribution is 2.62. The normalized spacial score (nSPS) is 31.2. The predicted octanol–water partition coefficient (Wildman–Crippen LogP) is 8.92. The topological polar surface area (TPSA) is 233 Å². The maximum atomic E-state index is 13.8. The molecule has 8 amide bonds. The van der Waals surface area contributed by atoms with Crippen molar-refractivity contribution < 1.29 is 38.4 Å². The minimum Gasteiger partial charge on any atom is -0.380 e. The van der Waals surface area contributed by atoms with Crippen molar-refractivity contribution in [1.82, 2.24) is 49.8 Å². The first kappa shape index (κ1) is 57.5. The Morgan fingerprint density at radius 1 is 0.528 bits per heavy atom. The molecule has 2 unspecified atom stereocenters. The lowest BCUT2D eigenvalue weighted by Crippen LogP contribution is -2.55. The third-order valence-electron chi connectivity index (χ3n) is 22.9. The van der Waals surface area contributed by atoms with Gasteiger partial charge in [-0.3, -0.25) is 57.5 Å². The fraction of sp³-hybridized carbons (Fsp3) is 0.565. The molecule has 6 aliphatic heterocycles. The Hall–Kier alpha value is -7.90. The monoisotopic (exact) mass is 1210 g/mol. The van der Waals surface area contributed by atoms with Crippen molar-refractivity contribution in [3.05, 3.63) is 119 Å². The van der Waals surface area contributed by atoms with Gasteiger partial charge in [-0.25, -0.2) is 0 Å². The lowest BCUT2D eigenvalue weighted by molar-refractivity contribution is -0.159. The van der Waals surface area contributed by atoms with Crippen LogP contribution in [-0.4, -0.2) is 125 Å². The van der Waals surface area contributed by atoms with Gasteiger partial charge in [-0.2, -0.15) is 10.2 Å². The summed E-state index contributed by atoms with van der Waals surface area (Å²) in [5, 5.41) is 21.3. The second-order valence-corrected chi connectivity index (χ2v) is 29.0. The van der Waals surface area contributed by atoms with Gasteiger partial charge in [0, 0.05) is 92.0 Å². The van der Waals surface area contributed by atoms with Crippen LogP contribution in [0.25, 0.3) is 0 Å². The first-order valence-electron chi connectivity index (χ1n) is 33.1. The molecule has 89 heavy (non-hydrogen) atoms. The lowest BCUT2D eigenvalue weighted by atomic mass is 9.49. The zero-order valence-corrected chi connectivity index (χ0v) is 50.9. The molecule has 18 rings (SSSR count). The van der Waals surface area contributed by atoms with Crippen LogP contribution in [0.15, 0.2) is 85.7 Å². The van der Waals surface area contributed by atoms with E-state index < -0.39 is 35.7 Å². The van der Waals surface area contributed by atoms with E-state index in [4.69, 9.17) is 0 Å². The van der Waals surface area contributed by atoms with Crippen molar-refractivity contribution in [2.45, 2.75) is 172 Å². The Bertz CT molecular complexity index is 3550.